The fourth-order valence-corrected chi connectivity index (χ4v) is 2.61. The zero-order chi connectivity index (χ0) is 7.68. The highest BCUT2D eigenvalue weighted by molar-refractivity contribution is 8.02. The van der Waals surface area contributed by atoms with Crippen LogP contribution in [0.1, 0.15) is 0 Å². The van der Waals surface area contributed by atoms with Gasteiger partial charge in [-0.15, -0.1) is 11.8 Å². The van der Waals surface area contributed by atoms with Gasteiger partial charge in [0, 0.05) is 11.0 Å². The fraction of sp³-hybridized carbons (Fsp3) is 0.375. The van der Waals surface area contributed by atoms with Crippen LogP contribution in [0.15, 0.2) is 24.3 Å². The van der Waals surface area contributed by atoms with Crippen molar-refractivity contribution < 1.29 is 0 Å². The molecule has 3 heteroatoms. The Morgan fingerprint density at radius 1 is 1.45 bits per heavy atom. The Kier molecular flexibility index (Phi) is 2.00. The molecule has 0 bridgehead atoms. The van der Waals surface area contributed by atoms with E-state index in [2.05, 4.69) is 29.6 Å². The number of thioether (sulfide) groups is 1. The van der Waals surface area contributed by atoms with E-state index in [4.69, 9.17) is 12.2 Å². The van der Waals surface area contributed by atoms with Gasteiger partial charge in [0.15, 0.2) is 0 Å². The molecule has 1 heterocycles. The van der Waals surface area contributed by atoms with Gasteiger partial charge in [0.05, 0.1) is 11.0 Å². The molecule has 1 nitrogen and oxygen atoms in total. The quantitative estimate of drug-likeness (QED) is 0.572. The van der Waals surface area contributed by atoms with E-state index in [1.807, 2.05) is 11.8 Å². The first kappa shape index (κ1) is 7.37. The van der Waals surface area contributed by atoms with Gasteiger partial charge in [0.1, 0.15) is 0 Å². The van der Waals surface area contributed by atoms with Gasteiger partial charge >= 0.3 is 0 Å². The average molecular weight is 183 g/mol. The van der Waals surface area contributed by atoms with E-state index in [0.717, 1.165) is 10.7 Å². The van der Waals surface area contributed by atoms with Crippen molar-refractivity contribution in [2.75, 3.05) is 5.75 Å². The van der Waals surface area contributed by atoms with E-state index in [-0.39, 0.29) is 0 Å². The van der Waals surface area contributed by atoms with Crippen molar-refractivity contribution in [3.05, 3.63) is 24.3 Å². The second kappa shape index (κ2) is 2.99. The summed E-state index contributed by atoms with van der Waals surface area (Å²) < 4.78 is 0. The van der Waals surface area contributed by atoms with Crippen LogP contribution in [0.3, 0.4) is 0 Å². The van der Waals surface area contributed by atoms with E-state index in [1.54, 1.807) is 0 Å². The first-order valence-corrected chi connectivity index (χ1v) is 5.08. The molecule has 0 amide bonds. The molecule has 2 aliphatic rings. The molecular formula is C8H9NS2. The van der Waals surface area contributed by atoms with Crippen LogP contribution in [0.2, 0.25) is 0 Å². The zero-order valence-electron chi connectivity index (χ0n) is 5.99. The van der Waals surface area contributed by atoms with Crippen molar-refractivity contribution in [2.24, 2.45) is 0 Å². The van der Waals surface area contributed by atoms with Crippen LogP contribution in [0.5, 0.6) is 0 Å². The zero-order valence-corrected chi connectivity index (χ0v) is 7.62. The Labute approximate surface area is 75.9 Å². The largest absolute Gasteiger partial charge is 0.371 e. The lowest BCUT2D eigenvalue weighted by Crippen LogP contribution is -2.45. The van der Waals surface area contributed by atoms with Gasteiger partial charge in [-0.1, -0.05) is 36.5 Å². The summed E-state index contributed by atoms with van der Waals surface area (Å²) in [4.78, 5) is 0.983. The second-order valence-electron chi connectivity index (χ2n) is 2.64. The maximum absolute atomic E-state index is 5.08. The average Bonchev–Trinajstić information content (AvgIpc) is 2.04. The van der Waals surface area contributed by atoms with Crippen molar-refractivity contribution in [1.29, 1.82) is 0 Å². The molecule has 1 aliphatic carbocycles. The number of hydrogen-bond donors (Lipinski definition) is 1. The summed E-state index contributed by atoms with van der Waals surface area (Å²) in [7, 11) is 0. The Bertz CT molecular complexity index is 232. The molecule has 2 atom stereocenters. The molecule has 0 radical (unpaired) electrons. The lowest BCUT2D eigenvalue weighted by Gasteiger charge is -2.30. The smallest absolute Gasteiger partial charge is 0.0859 e. The Hall–Kier alpha value is -0.280. The van der Waals surface area contributed by atoms with Crippen molar-refractivity contribution in [3.8, 4) is 0 Å². The van der Waals surface area contributed by atoms with Gasteiger partial charge in [-0.25, -0.2) is 0 Å². The van der Waals surface area contributed by atoms with Gasteiger partial charge in [-0.3, -0.25) is 0 Å². The number of rotatable bonds is 0. The normalized spacial score (nSPS) is 34.7. The molecule has 11 heavy (non-hydrogen) atoms. The van der Waals surface area contributed by atoms with Crippen LogP contribution in [-0.2, 0) is 0 Å². The molecule has 1 aliphatic heterocycles. The molecule has 58 valence electrons. The highest BCUT2D eigenvalue weighted by Crippen LogP contribution is 2.23. The maximum atomic E-state index is 5.08. The van der Waals surface area contributed by atoms with Crippen molar-refractivity contribution in [3.63, 3.8) is 0 Å². The van der Waals surface area contributed by atoms with E-state index in [1.165, 1.54) is 0 Å². The lowest BCUT2D eigenvalue weighted by atomic mass is 10.1. The van der Waals surface area contributed by atoms with Crippen LogP contribution in [-0.4, -0.2) is 22.0 Å². The van der Waals surface area contributed by atoms with E-state index in [9.17, 15) is 0 Å². The van der Waals surface area contributed by atoms with Crippen LogP contribution in [0.4, 0.5) is 0 Å². The molecular weight excluding hydrogens is 174 g/mol. The topological polar surface area (TPSA) is 12.0 Å². The monoisotopic (exact) mass is 183 g/mol. The van der Waals surface area contributed by atoms with E-state index >= 15 is 0 Å². The standard InChI is InChI=1S/C8H9NS2/c10-8-5-11-7-4-2-1-3-6(7)9-8/h1-4,6-7H,5H2,(H,9,10). The highest BCUT2D eigenvalue weighted by atomic mass is 32.2. The SMILES string of the molecule is S=C1CSC2C=CC=CC2N1. The Morgan fingerprint density at radius 2 is 2.27 bits per heavy atom. The number of allylic oxidation sites excluding steroid dienone is 2. The van der Waals surface area contributed by atoms with Crippen LogP contribution in [0.25, 0.3) is 0 Å². The summed E-state index contributed by atoms with van der Waals surface area (Å²) >= 11 is 7.00. The van der Waals surface area contributed by atoms with Crippen LogP contribution in [0, 0.1) is 0 Å². The summed E-state index contributed by atoms with van der Waals surface area (Å²) in [6.45, 7) is 0. The molecule has 1 N–H and O–H groups in total. The predicted octanol–water partition coefficient (Wildman–Crippen LogP) is 1.51. The highest BCUT2D eigenvalue weighted by Gasteiger charge is 2.24. The Morgan fingerprint density at radius 3 is 3.18 bits per heavy atom. The van der Waals surface area contributed by atoms with Gasteiger partial charge in [0.2, 0.25) is 0 Å². The first-order valence-electron chi connectivity index (χ1n) is 3.62. The summed E-state index contributed by atoms with van der Waals surface area (Å²) in [5.41, 5.74) is 0. The summed E-state index contributed by atoms with van der Waals surface area (Å²) in [6, 6.07) is 0.436. The molecule has 0 aromatic carbocycles. The van der Waals surface area contributed by atoms with Crippen LogP contribution < -0.4 is 5.32 Å². The van der Waals surface area contributed by atoms with Crippen molar-refractivity contribution in [2.45, 2.75) is 11.3 Å². The van der Waals surface area contributed by atoms with Gasteiger partial charge < -0.3 is 5.32 Å². The molecule has 0 aromatic heterocycles. The predicted molar refractivity (Wildman–Crippen MR) is 54.0 cm³/mol. The Balaban J connectivity index is 2.12. The molecule has 2 rings (SSSR count). The molecule has 1 saturated heterocycles. The summed E-state index contributed by atoms with van der Waals surface area (Å²) in [5.74, 6) is 0.967. The van der Waals surface area contributed by atoms with Crippen LogP contribution >= 0.6 is 24.0 Å². The second-order valence-corrected chi connectivity index (χ2v) is 4.30. The number of hydrogen-bond acceptors (Lipinski definition) is 2. The summed E-state index contributed by atoms with van der Waals surface area (Å²) in [5, 5.41) is 3.88. The first-order chi connectivity index (χ1) is 5.36. The van der Waals surface area contributed by atoms with E-state index in [0.29, 0.717) is 11.3 Å². The minimum absolute atomic E-state index is 0.436. The maximum Gasteiger partial charge on any atom is 0.0859 e. The third-order valence-electron chi connectivity index (χ3n) is 1.82. The summed E-state index contributed by atoms with van der Waals surface area (Å²) in [6.07, 6.45) is 8.57. The third kappa shape index (κ3) is 1.49. The molecule has 2 unspecified atom stereocenters. The third-order valence-corrected chi connectivity index (χ3v) is 3.55. The van der Waals surface area contributed by atoms with Gasteiger partial charge in [0.25, 0.3) is 0 Å². The van der Waals surface area contributed by atoms with Crippen molar-refractivity contribution in [1.82, 2.24) is 5.32 Å². The van der Waals surface area contributed by atoms with Gasteiger partial charge in [-0.05, 0) is 0 Å². The number of thiocarbonyl (C=S) groups is 1. The fourth-order valence-electron chi connectivity index (χ4n) is 1.28. The minimum atomic E-state index is 0.436. The molecule has 0 aromatic rings. The number of fused-ring (bicyclic) bond motifs is 1. The van der Waals surface area contributed by atoms with Gasteiger partial charge in [-0.2, -0.15) is 0 Å². The minimum Gasteiger partial charge on any atom is -0.371 e. The molecule has 0 spiro atoms. The van der Waals surface area contributed by atoms with Crippen molar-refractivity contribution >= 4 is 29.0 Å². The number of nitrogens with one attached hydrogen (secondary N) is 1. The van der Waals surface area contributed by atoms with E-state index < -0.39 is 0 Å². The lowest BCUT2D eigenvalue weighted by molar-refractivity contribution is 0.742. The molecule has 0 saturated carbocycles. The molecule has 1 fully saturated rings.